The van der Waals surface area contributed by atoms with Crippen molar-refractivity contribution in [2.75, 3.05) is 17.5 Å². The number of hydrogen-bond acceptors (Lipinski definition) is 9. The molecule has 56 heavy (non-hydrogen) atoms. The molecule has 1 atom stereocenters. The molecule has 1 amide bonds. The number of hydrogen-bond donors (Lipinski definition) is 3. The predicted molar refractivity (Wildman–Crippen MR) is 203 cm³/mol. The van der Waals surface area contributed by atoms with Gasteiger partial charge in [-0.15, -0.1) is 0 Å². The van der Waals surface area contributed by atoms with Gasteiger partial charge in [-0.3, -0.25) is 4.79 Å². The molecule has 0 saturated heterocycles. The van der Waals surface area contributed by atoms with Gasteiger partial charge in [0, 0.05) is 0 Å². The summed E-state index contributed by atoms with van der Waals surface area (Å²) in [5.41, 5.74) is -0.191. The first kappa shape index (κ1) is 42.0. The predicted octanol–water partition coefficient (Wildman–Crippen LogP) is 7.30. The van der Waals surface area contributed by atoms with E-state index in [2.05, 4.69) is 14.7 Å². The van der Waals surface area contributed by atoms with Gasteiger partial charge in [0.25, 0.3) is 0 Å². The molecule has 3 N–H and O–H groups in total. The Hall–Kier alpha value is -5.17. The Balaban J connectivity index is 1.51. The number of nitrogens with one attached hydrogen (secondary N) is 3. The summed E-state index contributed by atoms with van der Waals surface area (Å²) in [6.07, 6.45) is -6.17. The maximum Gasteiger partial charge on any atom is 0.422 e. The zero-order valence-electron chi connectivity index (χ0n) is 30.3. The van der Waals surface area contributed by atoms with Gasteiger partial charge in [-0.1, -0.05) is 60.1 Å². The minimum absolute atomic E-state index is 0.00285. The van der Waals surface area contributed by atoms with E-state index < -0.39 is 62.2 Å². The number of fused-ring (bicyclic) bond motifs is 1. The number of aromatic amines is 1. The summed E-state index contributed by atoms with van der Waals surface area (Å²) in [5.74, 6) is -0.996. The Kier molecular flexibility index (Phi) is 12.4. The number of carbonyl (C=O) groups is 2. The molecule has 0 aliphatic heterocycles. The Labute approximate surface area is 326 Å². The van der Waals surface area contributed by atoms with Crippen LogP contribution in [0.4, 0.5) is 23.7 Å². The van der Waals surface area contributed by atoms with Crippen LogP contribution in [0, 0.1) is 0 Å². The summed E-state index contributed by atoms with van der Waals surface area (Å²) in [6.45, 7) is 5.10. The lowest BCUT2D eigenvalue weighted by Crippen LogP contribution is -2.47. The van der Waals surface area contributed by atoms with Crippen LogP contribution in [0.2, 0.25) is 5.02 Å². The first-order valence-corrected chi connectivity index (χ1v) is 20.2. The van der Waals surface area contributed by atoms with Crippen LogP contribution >= 0.6 is 11.6 Å². The second kappa shape index (κ2) is 16.5. The molecule has 1 heterocycles. The second-order valence-electron chi connectivity index (χ2n) is 13.3. The highest BCUT2D eigenvalue weighted by atomic mass is 35.5. The summed E-state index contributed by atoms with van der Waals surface area (Å²) in [7, 11) is -9.13. The van der Waals surface area contributed by atoms with E-state index in [1.54, 1.807) is 16.9 Å². The van der Waals surface area contributed by atoms with E-state index in [9.17, 15) is 39.6 Å². The maximum absolute atomic E-state index is 13.8. The number of carbonyl (C=O) groups excluding carboxylic acids is 2. The fourth-order valence-corrected chi connectivity index (χ4v) is 8.09. The Morgan fingerprint density at radius 3 is 2.18 bits per heavy atom. The lowest BCUT2D eigenvalue weighted by Gasteiger charge is -2.26. The second-order valence-corrected chi connectivity index (χ2v) is 17.0. The van der Waals surface area contributed by atoms with Crippen LogP contribution in [-0.4, -0.2) is 57.6 Å². The SMILES string of the molecule is CCOC(=O)CN(c1ccc(C[C@H](NS(=O)(=O)c2ccc(-c3ccccc3)cc2)c2nc3ccc(C(F)(F)F)cc3[nH]2)cc1Cl)S(=O)(=O)NC(=O)OC(C)(C)C. The monoisotopic (exact) mass is 835 g/mol. The molecule has 0 saturated carbocycles. The van der Waals surface area contributed by atoms with E-state index in [-0.39, 0.29) is 45.5 Å². The minimum atomic E-state index is -4.83. The first-order valence-electron chi connectivity index (χ1n) is 16.9. The maximum atomic E-state index is 13.8. The summed E-state index contributed by atoms with van der Waals surface area (Å²) in [5, 5.41) is -0.237. The van der Waals surface area contributed by atoms with Crippen LogP contribution in [0.25, 0.3) is 22.2 Å². The zero-order valence-corrected chi connectivity index (χ0v) is 32.7. The van der Waals surface area contributed by atoms with Crippen molar-refractivity contribution in [1.29, 1.82) is 0 Å². The van der Waals surface area contributed by atoms with Gasteiger partial charge in [0.1, 0.15) is 18.0 Å². The quantitative estimate of drug-likeness (QED) is 0.103. The lowest BCUT2D eigenvalue weighted by molar-refractivity contribution is -0.141. The molecule has 0 aliphatic carbocycles. The van der Waals surface area contributed by atoms with Crippen LogP contribution in [0.15, 0.2) is 95.9 Å². The summed E-state index contributed by atoms with van der Waals surface area (Å²) >= 11 is 6.61. The molecular weight excluding hydrogens is 799 g/mol. The van der Waals surface area contributed by atoms with E-state index in [0.29, 0.717) is 9.87 Å². The minimum Gasteiger partial charge on any atom is -0.465 e. The Bertz CT molecular complexity index is 2440. The van der Waals surface area contributed by atoms with Crippen molar-refractivity contribution in [2.24, 2.45) is 0 Å². The normalized spacial score (nSPS) is 12.9. The number of aromatic nitrogens is 2. The third-order valence-corrected chi connectivity index (χ3v) is 11.0. The van der Waals surface area contributed by atoms with Crippen molar-refractivity contribution in [1.82, 2.24) is 19.4 Å². The molecule has 0 aliphatic rings. The van der Waals surface area contributed by atoms with Gasteiger partial charge in [0.2, 0.25) is 10.0 Å². The number of ether oxygens (including phenoxy) is 2. The number of amides is 1. The molecule has 1 aromatic heterocycles. The van der Waals surface area contributed by atoms with Gasteiger partial charge in [0.15, 0.2) is 0 Å². The molecule has 4 aromatic carbocycles. The summed E-state index contributed by atoms with van der Waals surface area (Å²) in [6, 6.07) is 20.9. The average molecular weight is 836 g/mol. The molecule has 13 nitrogen and oxygen atoms in total. The zero-order chi connectivity index (χ0) is 41.1. The molecule has 0 fully saturated rings. The average Bonchev–Trinajstić information content (AvgIpc) is 3.54. The van der Waals surface area contributed by atoms with Gasteiger partial charge < -0.3 is 14.5 Å². The third-order valence-electron chi connectivity index (χ3n) is 7.93. The summed E-state index contributed by atoms with van der Waals surface area (Å²) in [4.78, 5) is 32.0. The molecule has 5 rings (SSSR count). The number of nitrogens with zero attached hydrogens (tertiary/aromatic N) is 2. The third kappa shape index (κ3) is 10.6. The lowest BCUT2D eigenvalue weighted by atomic mass is 10.1. The van der Waals surface area contributed by atoms with E-state index in [0.717, 1.165) is 29.3 Å². The number of esters is 1. The molecule has 298 valence electrons. The highest BCUT2D eigenvalue weighted by molar-refractivity contribution is 7.91. The molecule has 0 unspecified atom stereocenters. The van der Waals surface area contributed by atoms with Gasteiger partial charge in [-0.05, 0) is 93.3 Å². The standard InChI is InChI=1S/C37H37ClF3N5O8S2/c1-5-53-33(47)22-46(56(51,52)45-35(48)54-36(2,3)4)32-18-11-23(19-28(32)38)20-31(34-42-29-17-14-26(37(39,40)41)21-30(29)43-34)44-55(49,50)27-15-12-25(13-16-27)24-9-7-6-8-10-24/h6-19,21,31,44H,5,20,22H2,1-4H3,(H,42,43)(H,45,48)/t31-/m0/s1. The van der Waals surface area contributed by atoms with Crippen molar-refractivity contribution in [3.8, 4) is 11.1 Å². The molecule has 5 aromatic rings. The van der Waals surface area contributed by atoms with Gasteiger partial charge in [0.05, 0.1) is 44.9 Å². The highest BCUT2D eigenvalue weighted by Crippen LogP contribution is 2.34. The Morgan fingerprint density at radius 2 is 1.57 bits per heavy atom. The van der Waals surface area contributed by atoms with Gasteiger partial charge in [-0.25, -0.2) is 31.9 Å². The first-order chi connectivity index (χ1) is 26.1. The van der Waals surface area contributed by atoms with Crippen LogP contribution in [-0.2, 0) is 47.1 Å². The highest BCUT2D eigenvalue weighted by Gasteiger charge is 2.33. The number of alkyl halides is 3. The smallest absolute Gasteiger partial charge is 0.422 e. The fourth-order valence-electron chi connectivity index (χ4n) is 5.48. The van der Waals surface area contributed by atoms with E-state index in [1.165, 1.54) is 58.0 Å². The number of rotatable bonds is 13. The van der Waals surface area contributed by atoms with Crippen LogP contribution in [0.5, 0.6) is 0 Å². The van der Waals surface area contributed by atoms with Crippen molar-refractivity contribution in [3.63, 3.8) is 0 Å². The van der Waals surface area contributed by atoms with Crippen LogP contribution in [0.3, 0.4) is 0 Å². The number of benzene rings is 4. The molecule has 0 spiro atoms. The fraction of sp³-hybridized carbons (Fsp3) is 0.270. The summed E-state index contributed by atoms with van der Waals surface area (Å²) < 4.78 is 110. The van der Waals surface area contributed by atoms with Crippen molar-refractivity contribution in [2.45, 2.75) is 56.8 Å². The largest absolute Gasteiger partial charge is 0.465 e. The number of halogens is 4. The Morgan fingerprint density at radius 1 is 0.911 bits per heavy atom. The number of sulfonamides is 1. The topological polar surface area (TPSA) is 177 Å². The molecule has 0 bridgehead atoms. The van der Waals surface area contributed by atoms with Crippen molar-refractivity contribution < 1.29 is 49.1 Å². The van der Waals surface area contributed by atoms with Gasteiger partial charge >= 0.3 is 28.4 Å². The van der Waals surface area contributed by atoms with Crippen molar-refractivity contribution >= 4 is 60.6 Å². The van der Waals surface area contributed by atoms with Crippen molar-refractivity contribution in [3.05, 3.63) is 113 Å². The van der Waals surface area contributed by atoms with E-state index in [1.807, 2.05) is 30.3 Å². The number of H-pyrrole nitrogens is 1. The number of anilines is 1. The van der Waals surface area contributed by atoms with E-state index >= 15 is 0 Å². The molecule has 19 heteroatoms. The number of imidazole rings is 1. The van der Waals surface area contributed by atoms with Gasteiger partial charge in [-0.2, -0.15) is 21.6 Å². The molecular formula is C37H37ClF3N5O8S2. The van der Waals surface area contributed by atoms with E-state index in [4.69, 9.17) is 21.1 Å². The van der Waals surface area contributed by atoms with Crippen LogP contribution in [0.1, 0.15) is 50.7 Å². The molecule has 0 radical (unpaired) electrons. The van der Waals surface area contributed by atoms with Crippen LogP contribution < -0.4 is 13.7 Å².